The highest BCUT2D eigenvalue weighted by atomic mass is 16.5. The van der Waals surface area contributed by atoms with Crippen molar-refractivity contribution in [3.8, 4) is 0 Å². The zero-order chi connectivity index (χ0) is 12.4. The lowest BCUT2D eigenvalue weighted by molar-refractivity contribution is -0.126. The Kier molecular flexibility index (Phi) is 4.05. The maximum Gasteiger partial charge on any atom is 0.227 e. The summed E-state index contributed by atoms with van der Waals surface area (Å²) in [5, 5.41) is 3.17. The second kappa shape index (κ2) is 5.36. The molecule has 2 rings (SSSR count). The van der Waals surface area contributed by atoms with Crippen LogP contribution in [0.4, 0.5) is 0 Å². The Labute approximate surface area is 103 Å². The smallest absolute Gasteiger partial charge is 0.227 e. The highest BCUT2D eigenvalue weighted by Gasteiger charge is 2.34. The van der Waals surface area contributed by atoms with Gasteiger partial charge in [-0.1, -0.05) is 26.7 Å². The molecule has 5 unspecified atom stereocenters. The molecule has 0 aromatic rings. The summed E-state index contributed by atoms with van der Waals surface area (Å²) < 4.78 is 5.24. The van der Waals surface area contributed by atoms with Crippen LogP contribution < -0.4 is 11.1 Å². The van der Waals surface area contributed by atoms with Crippen molar-refractivity contribution in [3.05, 3.63) is 0 Å². The number of carbonyl (C=O) groups is 1. The number of rotatable bonds is 2. The molecule has 1 aliphatic heterocycles. The monoisotopic (exact) mass is 240 g/mol. The minimum atomic E-state index is -0.153. The first-order valence-electron chi connectivity index (χ1n) is 6.73. The van der Waals surface area contributed by atoms with Crippen LogP contribution in [0.15, 0.2) is 0 Å². The average molecular weight is 240 g/mol. The Morgan fingerprint density at radius 2 is 2.06 bits per heavy atom. The van der Waals surface area contributed by atoms with Gasteiger partial charge in [0, 0.05) is 12.1 Å². The van der Waals surface area contributed by atoms with Crippen LogP contribution in [-0.4, -0.2) is 31.2 Å². The zero-order valence-corrected chi connectivity index (χ0v) is 10.8. The Bertz CT molecular complexity index is 283. The molecule has 1 amide bonds. The molecule has 5 atom stereocenters. The number of ether oxygens (including phenoxy) is 1. The third kappa shape index (κ3) is 2.80. The van der Waals surface area contributed by atoms with E-state index in [1.54, 1.807) is 0 Å². The molecule has 0 aromatic carbocycles. The third-order valence-electron chi connectivity index (χ3n) is 4.50. The van der Waals surface area contributed by atoms with E-state index in [0.29, 0.717) is 31.1 Å². The molecule has 0 aromatic heterocycles. The summed E-state index contributed by atoms with van der Waals surface area (Å²) in [5.74, 6) is 1.19. The molecule has 17 heavy (non-hydrogen) atoms. The van der Waals surface area contributed by atoms with Crippen LogP contribution in [0.5, 0.6) is 0 Å². The molecule has 0 radical (unpaired) electrons. The number of nitrogens with one attached hydrogen (secondary N) is 1. The molecule has 1 aliphatic carbocycles. The number of hydrogen-bond acceptors (Lipinski definition) is 3. The van der Waals surface area contributed by atoms with E-state index in [-0.39, 0.29) is 17.9 Å². The molecule has 98 valence electrons. The standard InChI is InChI=1S/C13H24N2O2/c1-8-4-3-5-12(9(8)2)15-13(16)10-6-17-7-11(10)14/h8-12H,3-7,14H2,1-2H3,(H,15,16). The van der Waals surface area contributed by atoms with Crippen LogP contribution in [0.1, 0.15) is 33.1 Å². The minimum Gasteiger partial charge on any atom is -0.379 e. The fourth-order valence-corrected chi connectivity index (χ4v) is 2.92. The molecule has 1 heterocycles. The lowest BCUT2D eigenvalue weighted by atomic mass is 9.78. The van der Waals surface area contributed by atoms with Crippen molar-refractivity contribution in [1.82, 2.24) is 5.32 Å². The first kappa shape index (κ1) is 12.8. The first-order valence-corrected chi connectivity index (χ1v) is 6.73. The van der Waals surface area contributed by atoms with E-state index in [2.05, 4.69) is 19.2 Å². The van der Waals surface area contributed by atoms with Crippen molar-refractivity contribution in [3.63, 3.8) is 0 Å². The van der Waals surface area contributed by atoms with Gasteiger partial charge in [-0.15, -0.1) is 0 Å². The summed E-state index contributed by atoms with van der Waals surface area (Å²) in [6, 6.07) is 0.186. The van der Waals surface area contributed by atoms with Gasteiger partial charge < -0.3 is 15.8 Å². The molecular formula is C13H24N2O2. The van der Waals surface area contributed by atoms with Gasteiger partial charge in [0.15, 0.2) is 0 Å². The summed E-state index contributed by atoms with van der Waals surface area (Å²) in [6.45, 7) is 5.49. The molecular weight excluding hydrogens is 216 g/mol. The van der Waals surface area contributed by atoms with Crippen LogP contribution in [0, 0.1) is 17.8 Å². The molecule has 3 N–H and O–H groups in total. The van der Waals surface area contributed by atoms with E-state index < -0.39 is 0 Å². The summed E-state index contributed by atoms with van der Waals surface area (Å²) in [7, 11) is 0. The number of amides is 1. The van der Waals surface area contributed by atoms with Gasteiger partial charge in [-0.3, -0.25) is 4.79 Å². The highest BCUT2D eigenvalue weighted by Crippen LogP contribution is 2.29. The van der Waals surface area contributed by atoms with Crippen molar-refractivity contribution in [2.24, 2.45) is 23.5 Å². The van der Waals surface area contributed by atoms with E-state index in [4.69, 9.17) is 10.5 Å². The van der Waals surface area contributed by atoms with Gasteiger partial charge in [-0.25, -0.2) is 0 Å². The topological polar surface area (TPSA) is 64.3 Å². The fraction of sp³-hybridized carbons (Fsp3) is 0.923. The van der Waals surface area contributed by atoms with E-state index >= 15 is 0 Å². The molecule has 2 aliphatic rings. The summed E-state index contributed by atoms with van der Waals surface area (Å²) in [5.41, 5.74) is 5.86. The van der Waals surface area contributed by atoms with Gasteiger partial charge in [-0.05, 0) is 18.3 Å². The molecule has 4 nitrogen and oxygen atoms in total. The van der Waals surface area contributed by atoms with E-state index in [1.807, 2.05) is 0 Å². The molecule has 4 heteroatoms. The Morgan fingerprint density at radius 1 is 1.29 bits per heavy atom. The van der Waals surface area contributed by atoms with Gasteiger partial charge in [0.2, 0.25) is 5.91 Å². The zero-order valence-electron chi connectivity index (χ0n) is 10.8. The fourth-order valence-electron chi connectivity index (χ4n) is 2.92. The summed E-state index contributed by atoms with van der Waals surface area (Å²) in [6.07, 6.45) is 3.59. The predicted molar refractivity (Wildman–Crippen MR) is 66.4 cm³/mol. The summed E-state index contributed by atoms with van der Waals surface area (Å²) >= 11 is 0. The van der Waals surface area contributed by atoms with Gasteiger partial charge in [0.05, 0.1) is 19.1 Å². The van der Waals surface area contributed by atoms with Gasteiger partial charge in [0.1, 0.15) is 0 Å². The van der Waals surface area contributed by atoms with Crippen molar-refractivity contribution in [1.29, 1.82) is 0 Å². The van der Waals surface area contributed by atoms with Gasteiger partial charge in [0.25, 0.3) is 0 Å². The molecule has 2 fully saturated rings. The second-order valence-electron chi connectivity index (χ2n) is 5.69. The van der Waals surface area contributed by atoms with Crippen LogP contribution in [0.25, 0.3) is 0 Å². The molecule has 0 bridgehead atoms. The Balaban J connectivity index is 1.89. The van der Waals surface area contributed by atoms with E-state index in [0.717, 1.165) is 6.42 Å². The molecule has 1 saturated carbocycles. The van der Waals surface area contributed by atoms with E-state index in [1.165, 1.54) is 12.8 Å². The minimum absolute atomic E-state index is 0.0842. The largest absolute Gasteiger partial charge is 0.379 e. The van der Waals surface area contributed by atoms with Crippen molar-refractivity contribution in [2.45, 2.75) is 45.2 Å². The Hall–Kier alpha value is -0.610. The second-order valence-corrected chi connectivity index (χ2v) is 5.69. The van der Waals surface area contributed by atoms with Crippen LogP contribution in [-0.2, 0) is 9.53 Å². The maximum atomic E-state index is 12.1. The van der Waals surface area contributed by atoms with Crippen LogP contribution in [0.3, 0.4) is 0 Å². The van der Waals surface area contributed by atoms with Gasteiger partial charge >= 0.3 is 0 Å². The van der Waals surface area contributed by atoms with Crippen molar-refractivity contribution >= 4 is 5.91 Å². The quantitative estimate of drug-likeness (QED) is 0.754. The first-order chi connectivity index (χ1) is 8.09. The SMILES string of the molecule is CC1CCCC(NC(=O)C2COCC2N)C1C. The lowest BCUT2D eigenvalue weighted by Gasteiger charge is -2.35. The molecule has 1 saturated heterocycles. The summed E-state index contributed by atoms with van der Waals surface area (Å²) in [4.78, 5) is 12.1. The molecule has 0 spiro atoms. The Morgan fingerprint density at radius 3 is 2.71 bits per heavy atom. The normalized spacial score (nSPS) is 42.4. The number of hydrogen-bond donors (Lipinski definition) is 2. The van der Waals surface area contributed by atoms with Crippen LogP contribution >= 0.6 is 0 Å². The van der Waals surface area contributed by atoms with Crippen LogP contribution in [0.2, 0.25) is 0 Å². The highest BCUT2D eigenvalue weighted by molar-refractivity contribution is 5.80. The average Bonchev–Trinajstić information content (AvgIpc) is 2.71. The third-order valence-corrected chi connectivity index (χ3v) is 4.50. The maximum absolute atomic E-state index is 12.1. The van der Waals surface area contributed by atoms with E-state index in [9.17, 15) is 4.79 Å². The number of nitrogens with two attached hydrogens (primary N) is 1. The van der Waals surface area contributed by atoms with Crippen molar-refractivity contribution in [2.75, 3.05) is 13.2 Å². The number of carbonyl (C=O) groups excluding carboxylic acids is 1. The van der Waals surface area contributed by atoms with Crippen molar-refractivity contribution < 1.29 is 9.53 Å². The predicted octanol–water partition coefficient (Wildman–Crippen LogP) is 0.901. The van der Waals surface area contributed by atoms with Gasteiger partial charge in [-0.2, -0.15) is 0 Å². The lowest BCUT2D eigenvalue weighted by Crippen LogP contribution is -2.49.